The van der Waals surface area contributed by atoms with Gasteiger partial charge in [0.15, 0.2) is 0 Å². The Morgan fingerprint density at radius 1 is 1.36 bits per heavy atom. The van der Waals surface area contributed by atoms with Gasteiger partial charge in [0, 0.05) is 24.4 Å². The topological polar surface area (TPSA) is 58.3 Å². The molecule has 0 spiro atoms. The monoisotopic (exact) mass is 198 g/mol. The Labute approximate surface area is 84.2 Å². The second kappa shape index (κ2) is 4.57. The number of rotatable bonds is 4. The lowest BCUT2D eigenvalue weighted by molar-refractivity contribution is 0.218. The lowest BCUT2D eigenvalue weighted by atomic mass is 10.2. The summed E-state index contributed by atoms with van der Waals surface area (Å²) < 4.78 is 1.85. The Balaban J connectivity index is 2.88. The van der Waals surface area contributed by atoms with E-state index in [4.69, 9.17) is 10.2 Å². The van der Waals surface area contributed by atoms with Crippen molar-refractivity contribution >= 4 is 0 Å². The molecule has 0 saturated heterocycles. The summed E-state index contributed by atoms with van der Waals surface area (Å²) in [6.07, 6.45) is 0. The van der Waals surface area contributed by atoms with Gasteiger partial charge in [0.1, 0.15) is 0 Å². The fraction of sp³-hybridized carbons (Fsp3) is 0.700. The summed E-state index contributed by atoms with van der Waals surface area (Å²) in [6.45, 7) is 6.69. The number of aliphatic hydroxyl groups excluding tert-OH is 2. The molecule has 0 saturated carbocycles. The molecule has 1 heterocycles. The van der Waals surface area contributed by atoms with Gasteiger partial charge in [-0.15, -0.1) is 0 Å². The van der Waals surface area contributed by atoms with E-state index in [-0.39, 0.29) is 19.1 Å². The molecule has 0 fully saturated rings. The molecular formula is C10H18N2O2. The minimum atomic E-state index is 0.0329. The maximum Gasteiger partial charge on any atom is 0.0718 e. The van der Waals surface area contributed by atoms with Crippen LogP contribution in [0.1, 0.15) is 23.9 Å². The first-order chi connectivity index (χ1) is 6.60. The van der Waals surface area contributed by atoms with Crippen molar-refractivity contribution in [2.75, 3.05) is 6.61 Å². The fourth-order valence-corrected chi connectivity index (χ4v) is 1.49. The first kappa shape index (κ1) is 11.2. The second-order valence-corrected chi connectivity index (χ2v) is 3.78. The summed E-state index contributed by atoms with van der Waals surface area (Å²) in [7, 11) is 0. The number of hydrogen-bond acceptors (Lipinski definition) is 3. The Morgan fingerprint density at radius 2 is 2.00 bits per heavy atom. The predicted molar refractivity (Wildman–Crippen MR) is 53.9 cm³/mol. The molecule has 0 aliphatic heterocycles. The average Bonchev–Trinajstić information content (AvgIpc) is 2.42. The van der Waals surface area contributed by atoms with Gasteiger partial charge < -0.3 is 10.2 Å². The molecular weight excluding hydrogens is 180 g/mol. The molecule has 1 rings (SSSR count). The highest BCUT2D eigenvalue weighted by molar-refractivity contribution is 5.23. The van der Waals surface area contributed by atoms with Crippen LogP contribution in [-0.4, -0.2) is 26.6 Å². The van der Waals surface area contributed by atoms with Crippen molar-refractivity contribution in [2.45, 2.75) is 33.9 Å². The van der Waals surface area contributed by atoms with Gasteiger partial charge in [0.2, 0.25) is 0 Å². The third-order valence-electron chi connectivity index (χ3n) is 2.49. The summed E-state index contributed by atoms with van der Waals surface area (Å²) in [5, 5.41) is 22.3. The lowest BCUT2D eigenvalue weighted by Crippen LogP contribution is -2.13. The standard InChI is InChI=1S/C10H18N2O2/c1-7(5-13)4-12-9(3)10(6-14)8(2)11-12/h7,13-14H,4-6H2,1-3H3. The van der Waals surface area contributed by atoms with Crippen LogP contribution in [0.2, 0.25) is 0 Å². The average molecular weight is 198 g/mol. The molecule has 0 aliphatic rings. The third kappa shape index (κ3) is 2.13. The molecule has 1 aromatic heterocycles. The molecule has 0 amide bonds. The molecule has 0 aromatic carbocycles. The number of aromatic nitrogens is 2. The zero-order valence-electron chi connectivity index (χ0n) is 8.99. The molecule has 0 aliphatic carbocycles. The van der Waals surface area contributed by atoms with E-state index in [2.05, 4.69) is 5.10 Å². The van der Waals surface area contributed by atoms with Gasteiger partial charge in [-0.25, -0.2) is 0 Å². The van der Waals surface area contributed by atoms with Crippen LogP contribution in [0, 0.1) is 19.8 Å². The number of aryl methyl sites for hydroxylation is 1. The van der Waals surface area contributed by atoms with E-state index in [1.807, 2.05) is 25.5 Å². The first-order valence-electron chi connectivity index (χ1n) is 4.84. The number of aliphatic hydroxyl groups is 2. The predicted octanol–water partition coefficient (Wildman–Crippen LogP) is 0.621. The lowest BCUT2D eigenvalue weighted by Gasteiger charge is -2.09. The van der Waals surface area contributed by atoms with Crippen molar-refractivity contribution in [2.24, 2.45) is 5.92 Å². The van der Waals surface area contributed by atoms with Gasteiger partial charge in [-0.2, -0.15) is 5.10 Å². The van der Waals surface area contributed by atoms with Gasteiger partial charge in [-0.1, -0.05) is 6.92 Å². The van der Waals surface area contributed by atoms with Gasteiger partial charge >= 0.3 is 0 Å². The van der Waals surface area contributed by atoms with E-state index in [0.717, 1.165) is 17.0 Å². The van der Waals surface area contributed by atoms with Crippen molar-refractivity contribution in [1.82, 2.24) is 9.78 Å². The van der Waals surface area contributed by atoms with Crippen LogP contribution in [0.25, 0.3) is 0 Å². The van der Waals surface area contributed by atoms with E-state index in [0.29, 0.717) is 6.54 Å². The highest BCUT2D eigenvalue weighted by Crippen LogP contribution is 2.14. The van der Waals surface area contributed by atoms with Crippen molar-refractivity contribution in [3.8, 4) is 0 Å². The van der Waals surface area contributed by atoms with Gasteiger partial charge in [0.25, 0.3) is 0 Å². The quantitative estimate of drug-likeness (QED) is 0.745. The van der Waals surface area contributed by atoms with Crippen LogP contribution in [0.15, 0.2) is 0 Å². The maximum absolute atomic E-state index is 9.10. The third-order valence-corrected chi connectivity index (χ3v) is 2.49. The molecule has 1 atom stereocenters. The van der Waals surface area contributed by atoms with E-state index < -0.39 is 0 Å². The van der Waals surface area contributed by atoms with Crippen LogP contribution in [-0.2, 0) is 13.2 Å². The van der Waals surface area contributed by atoms with E-state index in [1.165, 1.54) is 0 Å². The largest absolute Gasteiger partial charge is 0.396 e. The maximum atomic E-state index is 9.10. The van der Waals surface area contributed by atoms with Crippen LogP contribution in [0.5, 0.6) is 0 Å². The minimum Gasteiger partial charge on any atom is -0.396 e. The Kier molecular flexibility index (Phi) is 3.66. The highest BCUT2D eigenvalue weighted by atomic mass is 16.3. The summed E-state index contributed by atoms with van der Waals surface area (Å²) in [5.74, 6) is 0.194. The Bertz CT molecular complexity index is 307. The van der Waals surface area contributed by atoms with E-state index in [9.17, 15) is 0 Å². The molecule has 2 N–H and O–H groups in total. The Morgan fingerprint density at radius 3 is 2.43 bits per heavy atom. The normalized spacial score (nSPS) is 13.2. The van der Waals surface area contributed by atoms with Crippen molar-refractivity contribution in [1.29, 1.82) is 0 Å². The molecule has 1 aromatic rings. The molecule has 14 heavy (non-hydrogen) atoms. The van der Waals surface area contributed by atoms with Crippen LogP contribution < -0.4 is 0 Å². The van der Waals surface area contributed by atoms with Crippen LogP contribution in [0.3, 0.4) is 0 Å². The van der Waals surface area contributed by atoms with Crippen molar-refractivity contribution in [3.05, 3.63) is 17.0 Å². The number of nitrogens with zero attached hydrogens (tertiary/aromatic N) is 2. The molecule has 0 bridgehead atoms. The van der Waals surface area contributed by atoms with E-state index in [1.54, 1.807) is 0 Å². The SMILES string of the molecule is Cc1nn(CC(C)CO)c(C)c1CO. The highest BCUT2D eigenvalue weighted by Gasteiger charge is 2.11. The van der Waals surface area contributed by atoms with Gasteiger partial charge in [0.05, 0.1) is 12.3 Å². The molecule has 0 radical (unpaired) electrons. The smallest absolute Gasteiger partial charge is 0.0718 e. The zero-order chi connectivity index (χ0) is 10.7. The molecule has 1 unspecified atom stereocenters. The zero-order valence-corrected chi connectivity index (χ0v) is 8.99. The van der Waals surface area contributed by atoms with Crippen molar-refractivity contribution < 1.29 is 10.2 Å². The van der Waals surface area contributed by atoms with Crippen LogP contribution >= 0.6 is 0 Å². The molecule has 80 valence electrons. The second-order valence-electron chi connectivity index (χ2n) is 3.78. The number of hydrogen-bond donors (Lipinski definition) is 2. The summed E-state index contributed by atoms with van der Waals surface area (Å²) in [6, 6.07) is 0. The minimum absolute atomic E-state index is 0.0329. The molecule has 4 nitrogen and oxygen atoms in total. The summed E-state index contributed by atoms with van der Waals surface area (Å²) in [5.41, 5.74) is 2.76. The fourth-order valence-electron chi connectivity index (χ4n) is 1.49. The van der Waals surface area contributed by atoms with Gasteiger partial charge in [-0.05, 0) is 19.8 Å². The first-order valence-corrected chi connectivity index (χ1v) is 4.84. The molecule has 4 heteroatoms. The Hall–Kier alpha value is -0.870. The summed E-state index contributed by atoms with van der Waals surface area (Å²) in [4.78, 5) is 0. The van der Waals surface area contributed by atoms with Crippen molar-refractivity contribution in [3.63, 3.8) is 0 Å². The summed E-state index contributed by atoms with van der Waals surface area (Å²) >= 11 is 0. The van der Waals surface area contributed by atoms with Crippen LogP contribution in [0.4, 0.5) is 0 Å². The van der Waals surface area contributed by atoms with Gasteiger partial charge in [-0.3, -0.25) is 4.68 Å². The van der Waals surface area contributed by atoms with E-state index >= 15 is 0 Å².